The Bertz CT molecular complexity index is 1030. The first-order valence-corrected chi connectivity index (χ1v) is 10.3. The van der Waals surface area contributed by atoms with Crippen molar-refractivity contribution < 1.29 is 4.79 Å². The van der Waals surface area contributed by atoms with Crippen LogP contribution in [0.3, 0.4) is 0 Å². The van der Waals surface area contributed by atoms with Crippen LogP contribution >= 0.6 is 0 Å². The van der Waals surface area contributed by atoms with Crippen LogP contribution in [0.2, 0.25) is 0 Å². The number of fused-ring (bicyclic) bond motifs is 2. The number of rotatable bonds is 3. The average Bonchev–Trinajstić information content (AvgIpc) is 3.14. The van der Waals surface area contributed by atoms with Crippen molar-refractivity contribution in [3.63, 3.8) is 0 Å². The highest BCUT2D eigenvalue weighted by Gasteiger charge is 2.34. The second-order valence-corrected chi connectivity index (χ2v) is 7.93. The van der Waals surface area contributed by atoms with Crippen LogP contribution in [0.25, 0.3) is 0 Å². The van der Waals surface area contributed by atoms with Gasteiger partial charge in [0.1, 0.15) is 0 Å². The molecule has 2 heterocycles. The lowest BCUT2D eigenvalue weighted by molar-refractivity contribution is -0.122. The second kappa shape index (κ2) is 7.35. The Morgan fingerprint density at radius 1 is 1.03 bits per heavy atom. The zero-order valence-corrected chi connectivity index (χ0v) is 16.7. The number of hydrogen-bond acceptors (Lipinski definition) is 4. The SMILES string of the molecule is Cn1nnc2c1CC(C(=O)N1CCN(Cc3ccccc3)c3ccccc31)CC2. The van der Waals surface area contributed by atoms with Crippen molar-refractivity contribution in [2.24, 2.45) is 13.0 Å². The van der Waals surface area contributed by atoms with Crippen LogP contribution in [0.1, 0.15) is 23.4 Å². The molecule has 0 saturated carbocycles. The van der Waals surface area contributed by atoms with Crippen molar-refractivity contribution >= 4 is 17.3 Å². The molecule has 0 bridgehead atoms. The van der Waals surface area contributed by atoms with Crippen molar-refractivity contribution in [1.29, 1.82) is 0 Å². The first-order chi connectivity index (χ1) is 14.2. The van der Waals surface area contributed by atoms with Gasteiger partial charge in [-0.2, -0.15) is 0 Å². The van der Waals surface area contributed by atoms with E-state index in [4.69, 9.17) is 0 Å². The summed E-state index contributed by atoms with van der Waals surface area (Å²) in [4.78, 5) is 17.9. The summed E-state index contributed by atoms with van der Waals surface area (Å²) in [5.41, 5.74) is 5.59. The molecule has 1 aromatic heterocycles. The molecule has 0 fully saturated rings. The van der Waals surface area contributed by atoms with Gasteiger partial charge < -0.3 is 9.80 Å². The summed E-state index contributed by atoms with van der Waals surface area (Å²) in [7, 11) is 1.91. The van der Waals surface area contributed by atoms with Crippen LogP contribution in [0, 0.1) is 5.92 Å². The summed E-state index contributed by atoms with van der Waals surface area (Å²) in [5, 5.41) is 8.36. The van der Waals surface area contributed by atoms with Gasteiger partial charge in [0.2, 0.25) is 5.91 Å². The van der Waals surface area contributed by atoms with Gasteiger partial charge >= 0.3 is 0 Å². The van der Waals surface area contributed by atoms with Gasteiger partial charge in [0.05, 0.1) is 22.8 Å². The molecule has 1 atom stereocenters. The van der Waals surface area contributed by atoms with Crippen LogP contribution in [-0.4, -0.2) is 34.0 Å². The Kier molecular flexibility index (Phi) is 4.54. The lowest BCUT2D eigenvalue weighted by Gasteiger charge is -2.39. The predicted octanol–water partition coefficient (Wildman–Crippen LogP) is 2.97. The van der Waals surface area contributed by atoms with Gasteiger partial charge in [-0.05, 0) is 30.5 Å². The number of benzene rings is 2. The number of amides is 1. The number of carbonyl (C=O) groups is 1. The van der Waals surface area contributed by atoms with Gasteiger partial charge in [0.15, 0.2) is 0 Å². The maximum atomic E-state index is 13.5. The van der Waals surface area contributed by atoms with E-state index < -0.39 is 0 Å². The highest BCUT2D eigenvalue weighted by molar-refractivity contribution is 5.99. The average molecular weight is 387 g/mol. The fraction of sp³-hybridized carbons (Fsp3) is 0.348. The number of aromatic nitrogens is 3. The minimum Gasteiger partial charge on any atom is -0.364 e. The lowest BCUT2D eigenvalue weighted by atomic mass is 9.88. The number of aryl methyl sites for hydroxylation is 2. The standard InChI is InChI=1S/C23H25N5O/c1-26-22-15-18(11-12-19(22)24-25-26)23(29)28-14-13-27(16-17-7-3-2-4-8-17)20-9-5-6-10-21(20)28/h2-10,18H,11-16H2,1H3. The second-order valence-electron chi connectivity index (χ2n) is 7.93. The van der Waals surface area contributed by atoms with Gasteiger partial charge in [-0.1, -0.05) is 47.7 Å². The highest BCUT2D eigenvalue weighted by Crippen LogP contribution is 2.36. The van der Waals surface area contributed by atoms with Crippen molar-refractivity contribution in [2.45, 2.75) is 25.8 Å². The molecule has 0 saturated heterocycles. The highest BCUT2D eigenvalue weighted by atomic mass is 16.2. The fourth-order valence-corrected chi connectivity index (χ4v) is 4.56. The molecule has 29 heavy (non-hydrogen) atoms. The quantitative estimate of drug-likeness (QED) is 0.693. The molecule has 0 spiro atoms. The maximum absolute atomic E-state index is 13.5. The van der Waals surface area contributed by atoms with Crippen LogP contribution in [-0.2, 0) is 31.2 Å². The van der Waals surface area contributed by atoms with Crippen LogP contribution in [0.5, 0.6) is 0 Å². The summed E-state index contributed by atoms with van der Waals surface area (Å²) in [5.74, 6) is 0.220. The zero-order valence-electron chi connectivity index (χ0n) is 16.7. The molecular formula is C23H25N5O. The third-order valence-electron chi connectivity index (χ3n) is 6.13. The molecule has 5 rings (SSSR count). The monoisotopic (exact) mass is 387 g/mol. The van der Waals surface area contributed by atoms with Gasteiger partial charge in [0.25, 0.3) is 0 Å². The lowest BCUT2D eigenvalue weighted by Crippen LogP contribution is -2.47. The molecule has 2 aliphatic rings. The molecular weight excluding hydrogens is 362 g/mol. The molecule has 1 unspecified atom stereocenters. The molecule has 6 heteroatoms. The minimum atomic E-state index is -0.00608. The molecule has 1 amide bonds. The first-order valence-electron chi connectivity index (χ1n) is 10.3. The van der Waals surface area contributed by atoms with Gasteiger partial charge in [-0.3, -0.25) is 9.48 Å². The van der Waals surface area contributed by atoms with E-state index in [1.54, 1.807) is 0 Å². The molecule has 1 aliphatic carbocycles. The minimum absolute atomic E-state index is 0.00608. The third kappa shape index (κ3) is 3.28. The Hall–Kier alpha value is -3.15. The Morgan fingerprint density at radius 3 is 2.62 bits per heavy atom. The topological polar surface area (TPSA) is 54.3 Å². The molecule has 6 nitrogen and oxygen atoms in total. The van der Waals surface area contributed by atoms with E-state index in [1.165, 1.54) is 5.56 Å². The normalized spacial score (nSPS) is 18.3. The van der Waals surface area contributed by atoms with E-state index >= 15 is 0 Å². The van der Waals surface area contributed by atoms with Crippen molar-refractivity contribution in [2.75, 3.05) is 22.9 Å². The van der Waals surface area contributed by atoms with Gasteiger partial charge in [0, 0.05) is 39.0 Å². The number of para-hydroxylation sites is 2. The van der Waals surface area contributed by atoms with Crippen LogP contribution in [0.4, 0.5) is 11.4 Å². The summed E-state index contributed by atoms with van der Waals surface area (Å²) in [6.07, 6.45) is 2.40. The van der Waals surface area contributed by atoms with Gasteiger partial charge in [-0.15, -0.1) is 5.10 Å². The van der Waals surface area contributed by atoms with E-state index in [0.717, 1.165) is 61.7 Å². The number of anilines is 2. The predicted molar refractivity (Wildman–Crippen MR) is 113 cm³/mol. The molecule has 0 N–H and O–H groups in total. The van der Waals surface area contributed by atoms with E-state index in [0.29, 0.717) is 0 Å². The molecule has 3 aromatic rings. The molecule has 1 aliphatic heterocycles. The van der Waals surface area contributed by atoms with E-state index in [1.807, 2.05) is 28.8 Å². The molecule has 148 valence electrons. The number of hydrogen-bond donors (Lipinski definition) is 0. The van der Waals surface area contributed by atoms with E-state index in [-0.39, 0.29) is 11.8 Å². The number of nitrogens with zero attached hydrogens (tertiary/aromatic N) is 5. The van der Waals surface area contributed by atoms with E-state index in [9.17, 15) is 4.79 Å². The van der Waals surface area contributed by atoms with E-state index in [2.05, 4.69) is 57.7 Å². The Morgan fingerprint density at radius 2 is 1.79 bits per heavy atom. The van der Waals surface area contributed by atoms with Crippen molar-refractivity contribution in [3.05, 3.63) is 71.5 Å². The third-order valence-corrected chi connectivity index (χ3v) is 6.13. The summed E-state index contributed by atoms with van der Waals surface area (Å²) in [6.45, 7) is 2.41. The van der Waals surface area contributed by atoms with Crippen LogP contribution in [0.15, 0.2) is 54.6 Å². The summed E-state index contributed by atoms with van der Waals surface area (Å²) in [6, 6.07) is 18.8. The Labute approximate surface area is 170 Å². The largest absolute Gasteiger partial charge is 0.364 e. The van der Waals surface area contributed by atoms with Crippen molar-refractivity contribution in [1.82, 2.24) is 15.0 Å². The zero-order chi connectivity index (χ0) is 19.8. The molecule has 2 aromatic carbocycles. The summed E-state index contributed by atoms with van der Waals surface area (Å²) >= 11 is 0. The number of carbonyl (C=O) groups excluding carboxylic acids is 1. The smallest absolute Gasteiger partial charge is 0.230 e. The van der Waals surface area contributed by atoms with Gasteiger partial charge in [-0.25, -0.2) is 0 Å². The first kappa shape index (κ1) is 17.9. The van der Waals surface area contributed by atoms with Crippen molar-refractivity contribution in [3.8, 4) is 0 Å². The maximum Gasteiger partial charge on any atom is 0.230 e. The molecule has 0 radical (unpaired) electrons. The fourth-order valence-electron chi connectivity index (χ4n) is 4.56. The summed E-state index contributed by atoms with van der Waals surface area (Å²) < 4.78 is 1.82. The Balaban J connectivity index is 1.39. The van der Waals surface area contributed by atoms with Crippen LogP contribution < -0.4 is 9.80 Å².